The first-order valence-electron chi connectivity index (χ1n) is 8.85. The van der Waals surface area contributed by atoms with Crippen LogP contribution in [0.4, 0.5) is 10.6 Å². The number of carbonyl (C=O) groups is 1. The van der Waals surface area contributed by atoms with Crippen molar-refractivity contribution in [2.75, 3.05) is 12.3 Å². The lowest BCUT2D eigenvalue weighted by Gasteiger charge is -2.19. The van der Waals surface area contributed by atoms with E-state index < -0.39 is 18.3 Å². The molecule has 1 amide bonds. The highest BCUT2D eigenvalue weighted by molar-refractivity contribution is 5.88. The number of hydrogen-bond acceptors (Lipinski definition) is 7. The molecule has 3 aromatic rings. The highest BCUT2D eigenvalue weighted by atomic mass is 16.5. The van der Waals surface area contributed by atoms with Gasteiger partial charge in [0.1, 0.15) is 24.9 Å². The second kappa shape index (κ2) is 9.12. The first-order chi connectivity index (χ1) is 13.5. The number of nitrogens with two attached hydrogens (primary N) is 1. The number of ether oxygens (including phenoxy) is 1. The summed E-state index contributed by atoms with van der Waals surface area (Å²) < 4.78 is 5.09. The van der Waals surface area contributed by atoms with Gasteiger partial charge in [-0.05, 0) is 29.7 Å². The zero-order valence-corrected chi connectivity index (χ0v) is 15.2. The maximum absolute atomic E-state index is 11.7. The molecule has 2 aromatic carbocycles. The van der Waals surface area contributed by atoms with Crippen LogP contribution in [0.2, 0.25) is 0 Å². The second-order valence-electron chi connectivity index (χ2n) is 6.32. The van der Waals surface area contributed by atoms with Gasteiger partial charge < -0.3 is 26.0 Å². The molecule has 0 aliphatic heterocycles. The fourth-order valence-corrected chi connectivity index (χ4v) is 2.75. The summed E-state index contributed by atoms with van der Waals surface area (Å²) in [5.41, 5.74) is 7.86. The Bertz CT molecular complexity index is 936. The summed E-state index contributed by atoms with van der Waals surface area (Å²) in [6, 6.07) is 14.3. The van der Waals surface area contributed by atoms with Crippen LogP contribution in [0, 0.1) is 0 Å². The Hall–Kier alpha value is -3.23. The van der Waals surface area contributed by atoms with Gasteiger partial charge >= 0.3 is 6.09 Å². The number of nitrogens with one attached hydrogen (secondary N) is 1. The average Bonchev–Trinajstić information content (AvgIpc) is 2.72. The van der Waals surface area contributed by atoms with E-state index in [1.165, 1.54) is 6.33 Å². The van der Waals surface area contributed by atoms with Gasteiger partial charge in [-0.25, -0.2) is 14.8 Å². The molecule has 0 spiro atoms. The standard InChI is InChI=1S/C20H22N4O4/c21-19-15-10-14(6-7-16(15)23-12-24-19)18(26)17(25)8-9-22-20(27)28-11-13-4-2-1-3-5-13/h1-7,10,12,17-18,25-26H,8-9,11H2,(H,22,27)(H2,21,23,24). The van der Waals surface area contributed by atoms with Crippen molar-refractivity contribution in [2.24, 2.45) is 0 Å². The van der Waals surface area contributed by atoms with Crippen LogP contribution in [-0.4, -0.2) is 38.9 Å². The van der Waals surface area contributed by atoms with Gasteiger partial charge in [0.05, 0.1) is 11.6 Å². The van der Waals surface area contributed by atoms with Crippen molar-refractivity contribution in [2.45, 2.75) is 25.2 Å². The van der Waals surface area contributed by atoms with Crippen LogP contribution in [-0.2, 0) is 11.3 Å². The molecule has 2 atom stereocenters. The number of carbonyl (C=O) groups excluding carboxylic acids is 1. The summed E-state index contributed by atoms with van der Waals surface area (Å²) >= 11 is 0. The summed E-state index contributed by atoms with van der Waals surface area (Å²) in [6.07, 6.45) is -1.27. The largest absolute Gasteiger partial charge is 0.445 e. The Morgan fingerprint density at radius 3 is 2.71 bits per heavy atom. The Kier molecular flexibility index (Phi) is 6.36. The molecule has 5 N–H and O–H groups in total. The van der Waals surface area contributed by atoms with Crippen molar-refractivity contribution in [1.82, 2.24) is 15.3 Å². The molecule has 0 aliphatic rings. The second-order valence-corrected chi connectivity index (χ2v) is 6.32. The Morgan fingerprint density at radius 2 is 1.93 bits per heavy atom. The average molecular weight is 382 g/mol. The first kappa shape index (κ1) is 19.5. The van der Waals surface area contributed by atoms with Crippen LogP contribution in [0.1, 0.15) is 23.7 Å². The van der Waals surface area contributed by atoms with Crippen LogP contribution in [0.25, 0.3) is 10.9 Å². The van der Waals surface area contributed by atoms with Crippen molar-refractivity contribution >= 4 is 22.8 Å². The predicted octanol–water partition coefficient (Wildman–Crippen LogP) is 1.92. The van der Waals surface area contributed by atoms with E-state index in [0.29, 0.717) is 22.3 Å². The molecule has 0 bridgehead atoms. The smallest absolute Gasteiger partial charge is 0.407 e. The summed E-state index contributed by atoms with van der Waals surface area (Å²) in [4.78, 5) is 19.7. The monoisotopic (exact) mass is 382 g/mol. The number of fused-ring (bicyclic) bond motifs is 1. The third kappa shape index (κ3) is 4.93. The molecule has 0 saturated carbocycles. The molecule has 1 aromatic heterocycles. The molecule has 3 rings (SSSR count). The van der Waals surface area contributed by atoms with Gasteiger partial charge in [-0.1, -0.05) is 36.4 Å². The van der Waals surface area contributed by atoms with E-state index in [0.717, 1.165) is 5.56 Å². The zero-order chi connectivity index (χ0) is 19.9. The Balaban J connectivity index is 1.48. The van der Waals surface area contributed by atoms with Gasteiger partial charge in [-0.2, -0.15) is 0 Å². The molecule has 0 radical (unpaired) electrons. The number of rotatable bonds is 7. The minimum atomic E-state index is -1.13. The number of nitrogens with zero attached hydrogens (tertiary/aromatic N) is 2. The number of amides is 1. The van der Waals surface area contributed by atoms with E-state index in [2.05, 4.69) is 15.3 Å². The number of alkyl carbamates (subject to hydrolysis) is 1. The van der Waals surface area contributed by atoms with Gasteiger partial charge in [-0.3, -0.25) is 0 Å². The SMILES string of the molecule is Nc1ncnc2ccc(C(O)C(O)CCNC(=O)OCc3ccccc3)cc12. The van der Waals surface area contributed by atoms with Crippen molar-refractivity contribution in [3.63, 3.8) is 0 Å². The fourth-order valence-electron chi connectivity index (χ4n) is 2.75. The number of aliphatic hydroxyl groups is 2. The summed E-state index contributed by atoms with van der Waals surface area (Å²) in [5.74, 6) is 0.302. The maximum atomic E-state index is 11.7. The van der Waals surface area contributed by atoms with E-state index in [1.54, 1.807) is 18.2 Å². The van der Waals surface area contributed by atoms with Crippen molar-refractivity contribution in [3.05, 3.63) is 66.0 Å². The molecular weight excluding hydrogens is 360 g/mol. The molecule has 28 heavy (non-hydrogen) atoms. The van der Waals surface area contributed by atoms with Crippen LogP contribution in [0.5, 0.6) is 0 Å². The fraction of sp³-hybridized carbons (Fsp3) is 0.250. The molecule has 0 fully saturated rings. The Labute approximate surface area is 162 Å². The minimum absolute atomic E-state index is 0.153. The van der Waals surface area contributed by atoms with E-state index in [9.17, 15) is 15.0 Å². The van der Waals surface area contributed by atoms with Crippen molar-refractivity contribution < 1.29 is 19.7 Å². The van der Waals surface area contributed by atoms with Gasteiger partial charge in [0.25, 0.3) is 0 Å². The van der Waals surface area contributed by atoms with E-state index in [-0.39, 0.29) is 19.6 Å². The third-order valence-corrected chi connectivity index (χ3v) is 4.32. The number of aliphatic hydroxyl groups excluding tert-OH is 2. The third-order valence-electron chi connectivity index (χ3n) is 4.32. The van der Waals surface area contributed by atoms with E-state index in [4.69, 9.17) is 10.5 Å². The molecule has 0 saturated heterocycles. The van der Waals surface area contributed by atoms with Crippen molar-refractivity contribution in [3.8, 4) is 0 Å². The minimum Gasteiger partial charge on any atom is -0.445 e. The normalized spacial score (nSPS) is 13.1. The predicted molar refractivity (Wildman–Crippen MR) is 104 cm³/mol. The number of aromatic nitrogens is 2. The van der Waals surface area contributed by atoms with Gasteiger partial charge in [0.2, 0.25) is 0 Å². The summed E-state index contributed by atoms with van der Waals surface area (Å²) in [5, 5.41) is 23.8. The number of anilines is 1. The molecular formula is C20H22N4O4. The molecule has 1 heterocycles. The van der Waals surface area contributed by atoms with Crippen molar-refractivity contribution in [1.29, 1.82) is 0 Å². The molecule has 2 unspecified atom stereocenters. The topological polar surface area (TPSA) is 131 Å². The summed E-state index contributed by atoms with van der Waals surface area (Å²) in [7, 11) is 0. The first-order valence-corrected chi connectivity index (χ1v) is 8.85. The molecule has 0 aliphatic carbocycles. The Morgan fingerprint density at radius 1 is 1.14 bits per heavy atom. The highest BCUT2D eigenvalue weighted by Crippen LogP contribution is 2.24. The number of nitrogen functional groups attached to an aromatic ring is 1. The lowest BCUT2D eigenvalue weighted by atomic mass is 10.0. The number of hydrogen-bond donors (Lipinski definition) is 4. The summed E-state index contributed by atoms with van der Waals surface area (Å²) in [6.45, 7) is 0.323. The molecule has 8 nitrogen and oxygen atoms in total. The van der Waals surface area contributed by atoms with Crippen LogP contribution in [0.3, 0.4) is 0 Å². The van der Waals surface area contributed by atoms with Gasteiger partial charge in [-0.15, -0.1) is 0 Å². The van der Waals surface area contributed by atoms with E-state index in [1.807, 2.05) is 30.3 Å². The van der Waals surface area contributed by atoms with Gasteiger partial charge in [0.15, 0.2) is 0 Å². The van der Waals surface area contributed by atoms with Gasteiger partial charge in [0, 0.05) is 11.9 Å². The zero-order valence-electron chi connectivity index (χ0n) is 15.2. The lowest BCUT2D eigenvalue weighted by molar-refractivity contribution is 0.0137. The maximum Gasteiger partial charge on any atom is 0.407 e. The molecule has 146 valence electrons. The lowest BCUT2D eigenvalue weighted by Crippen LogP contribution is -2.29. The van der Waals surface area contributed by atoms with Crippen LogP contribution < -0.4 is 11.1 Å². The van der Waals surface area contributed by atoms with Crippen LogP contribution >= 0.6 is 0 Å². The molecule has 8 heteroatoms. The number of benzene rings is 2. The van der Waals surface area contributed by atoms with E-state index >= 15 is 0 Å². The quantitative estimate of drug-likeness (QED) is 0.491. The van der Waals surface area contributed by atoms with Crippen LogP contribution in [0.15, 0.2) is 54.9 Å². The highest BCUT2D eigenvalue weighted by Gasteiger charge is 2.19.